The number of carbonyl (C=O) groups excluding carboxylic acids is 1. The second-order valence-electron chi connectivity index (χ2n) is 6.15. The summed E-state index contributed by atoms with van der Waals surface area (Å²) in [6.45, 7) is 0. The largest absolute Gasteiger partial charge is 0.465 e. The van der Waals surface area contributed by atoms with E-state index in [9.17, 15) is 4.79 Å². The van der Waals surface area contributed by atoms with E-state index in [2.05, 4.69) is 15.3 Å². The Morgan fingerprint density at radius 2 is 2.00 bits per heavy atom. The van der Waals surface area contributed by atoms with E-state index in [0.717, 1.165) is 12.8 Å². The number of hydrogen-bond donors (Lipinski definition) is 2. The summed E-state index contributed by atoms with van der Waals surface area (Å²) in [5.74, 6) is 0.783. The normalized spacial score (nSPS) is 14.3. The number of carbonyl (C=O) groups is 1. The monoisotopic (exact) mass is 341 g/mol. The second kappa shape index (κ2) is 7.38. The highest BCUT2D eigenvalue weighted by molar-refractivity contribution is 5.97. The lowest BCUT2D eigenvalue weighted by Crippen LogP contribution is -2.21. The number of para-hydroxylation sites is 1. The molecule has 7 nitrogen and oxygen atoms in total. The zero-order chi connectivity index (χ0) is 17.8. The summed E-state index contributed by atoms with van der Waals surface area (Å²) in [6.07, 6.45) is 6.18. The van der Waals surface area contributed by atoms with Gasteiger partial charge in [-0.25, -0.2) is 14.8 Å². The first-order valence-corrected chi connectivity index (χ1v) is 8.40. The third-order valence-corrected chi connectivity index (χ3v) is 4.55. The molecule has 0 amide bonds. The number of aromatic nitrogens is 2. The number of anilines is 4. The van der Waals surface area contributed by atoms with Crippen LogP contribution in [0.3, 0.4) is 0 Å². The molecule has 0 radical (unpaired) electrons. The van der Waals surface area contributed by atoms with E-state index in [4.69, 9.17) is 10.5 Å². The molecule has 1 aliphatic rings. The van der Waals surface area contributed by atoms with E-state index in [0.29, 0.717) is 34.6 Å². The van der Waals surface area contributed by atoms with Gasteiger partial charge in [-0.15, -0.1) is 0 Å². The van der Waals surface area contributed by atoms with Gasteiger partial charge in [-0.05, 0) is 25.0 Å². The Morgan fingerprint density at radius 3 is 2.72 bits per heavy atom. The standard InChI is InChI=1S/C18H23N5O2/c1-23(14-10-6-5-9-13(14)18(24)25-2)17-15(19)16(20-11-21-17)22-12-7-3-4-8-12/h5-6,9-12H,3-4,7-8,19H2,1-2H3,(H,20,21,22). The van der Waals surface area contributed by atoms with Crippen molar-refractivity contribution in [1.29, 1.82) is 0 Å². The summed E-state index contributed by atoms with van der Waals surface area (Å²) in [5, 5.41) is 3.41. The van der Waals surface area contributed by atoms with Gasteiger partial charge in [0.15, 0.2) is 11.6 Å². The van der Waals surface area contributed by atoms with Crippen LogP contribution in [0.4, 0.5) is 23.0 Å². The quantitative estimate of drug-likeness (QED) is 0.808. The molecule has 7 heteroatoms. The number of hydrogen-bond acceptors (Lipinski definition) is 7. The fraction of sp³-hybridized carbons (Fsp3) is 0.389. The maximum atomic E-state index is 12.0. The van der Waals surface area contributed by atoms with Crippen LogP contribution in [0.1, 0.15) is 36.0 Å². The minimum Gasteiger partial charge on any atom is -0.465 e. The number of nitrogens with two attached hydrogens (primary N) is 1. The van der Waals surface area contributed by atoms with Gasteiger partial charge in [0.05, 0.1) is 18.4 Å². The van der Waals surface area contributed by atoms with E-state index in [1.807, 2.05) is 19.2 Å². The first-order valence-electron chi connectivity index (χ1n) is 8.40. The summed E-state index contributed by atoms with van der Waals surface area (Å²) >= 11 is 0. The Balaban J connectivity index is 1.92. The number of esters is 1. The van der Waals surface area contributed by atoms with Crippen molar-refractivity contribution in [1.82, 2.24) is 9.97 Å². The lowest BCUT2D eigenvalue weighted by Gasteiger charge is -2.23. The molecule has 1 fully saturated rings. The van der Waals surface area contributed by atoms with E-state index in [1.165, 1.54) is 26.3 Å². The molecule has 1 aromatic carbocycles. The molecule has 0 atom stereocenters. The van der Waals surface area contributed by atoms with Crippen molar-refractivity contribution in [3.8, 4) is 0 Å². The highest BCUT2D eigenvalue weighted by atomic mass is 16.5. The van der Waals surface area contributed by atoms with Crippen molar-refractivity contribution in [2.75, 3.05) is 30.1 Å². The van der Waals surface area contributed by atoms with Gasteiger partial charge in [-0.1, -0.05) is 25.0 Å². The lowest BCUT2D eigenvalue weighted by molar-refractivity contribution is 0.0601. The number of benzene rings is 1. The third kappa shape index (κ3) is 3.50. The van der Waals surface area contributed by atoms with Crippen molar-refractivity contribution in [2.24, 2.45) is 0 Å². The van der Waals surface area contributed by atoms with Gasteiger partial charge in [-0.2, -0.15) is 0 Å². The Kier molecular flexibility index (Phi) is 5.02. The van der Waals surface area contributed by atoms with Gasteiger partial charge in [-0.3, -0.25) is 0 Å². The van der Waals surface area contributed by atoms with Gasteiger partial charge in [0.2, 0.25) is 0 Å². The van der Waals surface area contributed by atoms with Gasteiger partial charge in [0.1, 0.15) is 12.0 Å². The first kappa shape index (κ1) is 17.0. The van der Waals surface area contributed by atoms with Crippen molar-refractivity contribution in [3.63, 3.8) is 0 Å². The maximum absolute atomic E-state index is 12.0. The molecule has 3 rings (SSSR count). The predicted octanol–water partition coefficient (Wildman–Crippen LogP) is 2.97. The Labute approximate surface area is 147 Å². The molecule has 1 aliphatic carbocycles. The Hall–Kier alpha value is -2.83. The number of nitrogens with zero attached hydrogens (tertiary/aromatic N) is 3. The van der Waals surface area contributed by atoms with Crippen LogP contribution in [0.5, 0.6) is 0 Å². The smallest absolute Gasteiger partial charge is 0.339 e. The number of nitrogen functional groups attached to an aromatic ring is 1. The molecular weight excluding hydrogens is 318 g/mol. The zero-order valence-electron chi connectivity index (χ0n) is 14.5. The van der Waals surface area contributed by atoms with E-state index in [-0.39, 0.29) is 0 Å². The summed E-state index contributed by atoms with van der Waals surface area (Å²) in [7, 11) is 3.18. The highest BCUT2D eigenvalue weighted by Crippen LogP contribution is 2.33. The Bertz CT molecular complexity index is 759. The fourth-order valence-electron chi connectivity index (χ4n) is 3.19. The molecule has 1 saturated carbocycles. The van der Waals surface area contributed by atoms with Crippen LogP contribution in [0.15, 0.2) is 30.6 Å². The summed E-state index contributed by atoms with van der Waals surface area (Å²) in [4.78, 5) is 22.4. The average molecular weight is 341 g/mol. The van der Waals surface area contributed by atoms with E-state index in [1.54, 1.807) is 17.0 Å². The lowest BCUT2D eigenvalue weighted by atomic mass is 10.1. The number of nitrogens with one attached hydrogen (secondary N) is 1. The molecule has 0 spiro atoms. The SMILES string of the molecule is COC(=O)c1ccccc1N(C)c1ncnc(NC2CCCC2)c1N. The molecule has 2 aromatic rings. The van der Waals surface area contributed by atoms with Crippen LogP contribution in [0.25, 0.3) is 0 Å². The fourth-order valence-corrected chi connectivity index (χ4v) is 3.19. The van der Waals surface area contributed by atoms with Crippen molar-refractivity contribution in [3.05, 3.63) is 36.2 Å². The zero-order valence-corrected chi connectivity index (χ0v) is 14.5. The van der Waals surface area contributed by atoms with Crippen molar-refractivity contribution in [2.45, 2.75) is 31.7 Å². The van der Waals surface area contributed by atoms with Crippen molar-refractivity contribution < 1.29 is 9.53 Å². The van der Waals surface area contributed by atoms with Crippen LogP contribution < -0.4 is 16.0 Å². The molecule has 1 heterocycles. The highest BCUT2D eigenvalue weighted by Gasteiger charge is 2.21. The first-order chi connectivity index (χ1) is 12.1. The molecule has 0 saturated heterocycles. The van der Waals surface area contributed by atoms with Crippen LogP contribution in [-0.4, -0.2) is 36.1 Å². The maximum Gasteiger partial charge on any atom is 0.339 e. The summed E-state index contributed by atoms with van der Waals surface area (Å²) < 4.78 is 4.86. The van der Waals surface area contributed by atoms with Crippen molar-refractivity contribution >= 4 is 29.0 Å². The number of methoxy groups -OCH3 is 1. The second-order valence-corrected chi connectivity index (χ2v) is 6.15. The number of ether oxygens (including phenoxy) is 1. The van der Waals surface area contributed by atoms with Gasteiger partial charge in [0, 0.05) is 13.1 Å². The molecule has 0 aliphatic heterocycles. The molecule has 25 heavy (non-hydrogen) atoms. The predicted molar refractivity (Wildman–Crippen MR) is 98.2 cm³/mol. The molecule has 0 bridgehead atoms. The molecule has 3 N–H and O–H groups in total. The molecule has 1 aromatic heterocycles. The van der Waals surface area contributed by atoms with Crippen LogP contribution in [-0.2, 0) is 4.74 Å². The average Bonchev–Trinajstić information content (AvgIpc) is 3.15. The minimum absolute atomic E-state index is 0.401. The van der Waals surface area contributed by atoms with Crippen LogP contribution in [0, 0.1) is 0 Å². The third-order valence-electron chi connectivity index (χ3n) is 4.55. The topological polar surface area (TPSA) is 93.4 Å². The van der Waals surface area contributed by atoms with E-state index >= 15 is 0 Å². The number of rotatable bonds is 5. The summed E-state index contributed by atoms with van der Waals surface area (Å²) in [5.41, 5.74) is 7.91. The van der Waals surface area contributed by atoms with Crippen LogP contribution >= 0.6 is 0 Å². The molecular formula is C18H23N5O2. The molecule has 0 unspecified atom stereocenters. The van der Waals surface area contributed by atoms with Gasteiger partial charge in [0.25, 0.3) is 0 Å². The van der Waals surface area contributed by atoms with E-state index < -0.39 is 5.97 Å². The molecule has 132 valence electrons. The Morgan fingerprint density at radius 1 is 1.28 bits per heavy atom. The van der Waals surface area contributed by atoms with Gasteiger partial charge >= 0.3 is 5.97 Å². The van der Waals surface area contributed by atoms with Gasteiger partial charge < -0.3 is 20.7 Å². The summed E-state index contributed by atoms with van der Waals surface area (Å²) in [6, 6.07) is 7.59. The minimum atomic E-state index is -0.403. The van der Waals surface area contributed by atoms with Crippen LogP contribution in [0.2, 0.25) is 0 Å².